The number of nitrogens with two attached hydrogens (primary N) is 1. The second-order valence-electron chi connectivity index (χ2n) is 10.5. The van der Waals surface area contributed by atoms with E-state index in [-0.39, 0.29) is 11.5 Å². The molecule has 0 saturated heterocycles. The zero-order valence-electron chi connectivity index (χ0n) is 22.4. The van der Waals surface area contributed by atoms with Gasteiger partial charge < -0.3 is 25.2 Å². The Bertz CT molecular complexity index is 1240. The maximum atomic E-state index is 14.9. The minimum Gasteiger partial charge on any atom is -0.507 e. The Morgan fingerprint density at radius 3 is 2.54 bits per heavy atom. The summed E-state index contributed by atoms with van der Waals surface area (Å²) in [7, 11) is 3.65. The molecule has 1 aliphatic rings. The topological polar surface area (TPSA) is 68.0 Å². The molecule has 0 amide bonds. The quantitative estimate of drug-likeness (QED) is 0.319. The van der Waals surface area contributed by atoms with Gasteiger partial charge in [0.1, 0.15) is 18.1 Å². The summed E-state index contributed by atoms with van der Waals surface area (Å²) in [6, 6.07) is 12.6. The number of nitrogen functional groups attached to an aromatic ring is 1. The standard InChI is InChI=1S/C31H39FN2O3/c1-20(2)19-34(3)15-16-37-29-13-9-21(18-26(29)32)17-25-28(36-4)14-11-24(31(25)33)30-23-8-6-5-7-22(23)10-12-27(30)35/h9-14,18,20,35H,5-8,15-17,19,33H2,1-4H3. The maximum Gasteiger partial charge on any atom is 0.165 e. The Hall–Kier alpha value is -3.25. The van der Waals surface area contributed by atoms with E-state index >= 15 is 0 Å². The van der Waals surface area contributed by atoms with Crippen LogP contribution in [-0.2, 0) is 19.3 Å². The number of anilines is 1. The summed E-state index contributed by atoms with van der Waals surface area (Å²) in [5.74, 6) is 1.29. The third-order valence-corrected chi connectivity index (χ3v) is 7.10. The molecule has 0 aromatic heterocycles. The number of aryl methyl sites for hydroxylation is 1. The van der Waals surface area contributed by atoms with Gasteiger partial charge in [-0.3, -0.25) is 0 Å². The van der Waals surface area contributed by atoms with Crippen molar-refractivity contribution in [1.29, 1.82) is 0 Å². The van der Waals surface area contributed by atoms with E-state index in [9.17, 15) is 9.50 Å². The van der Waals surface area contributed by atoms with Crippen molar-refractivity contribution < 1.29 is 19.0 Å². The van der Waals surface area contributed by atoms with E-state index in [0.717, 1.165) is 61.0 Å². The predicted octanol–water partition coefficient (Wildman–Crippen LogP) is 6.23. The van der Waals surface area contributed by atoms with Crippen molar-refractivity contribution in [3.8, 4) is 28.4 Å². The van der Waals surface area contributed by atoms with Crippen LogP contribution in [0, 0.1) is 11.7 Å². The number of hydrogen-bond donors (Lipinski definition) is 2. The number of methoxy groups -OCH3 is 1. The summed E-state index contributed by atoms with van der Waals surface area (Å²) >= 11 is 0. The van der Waals surface area contributed by atoms with Gasteiger partial charge >= 0.3 is 0 Å². The van der Waals surface area contributed by atoms with Crippen LogP contribution in [0.3, 0.4) is 0 Å². The lowest BCUT2D eigenvalue weighted by Crippen LogP contribution is -2.28. The molecule has 37 heavy (non-hydrogen) atoms. The average Bonchev–Trinajstić information content (AvgIpc) is 2.86. The number of ether oxygens (including phenoxy) is 2. The predicted molar refractivity (Wildman–Crippen MR) is 148 cm³/mol. The molecular formula is C31H39FN2O3. The molecule has 198 valence electrons. The molecule has 3 aromatic carbocycles. The van der Waals surface area contributed by atoms with E-state index in [1.54, 1.807) is 19.2 Å². The fourth-order valence-electron chi connectivity index (χ4n) is 5.35. The summed E-state index contributed by atoms with van der Waals surface area (Å²) < 4.78 is 26.3. The highest BCUT2D eigenvalue weighted by molar-refractivity contribution is 5.86. The molecule has 0 fully saturated rings. The molecule has 0 spiro atoms. The highest BCUT2D eigenvalue weighted by Gasteiger charge is 2.22. The van der Waals surface area contributed by atoms with Gasteiger partial charge in [-0.15, -0.1) is 0 Å². The van der Waals surface area contributed by atoms with Gasteiger partial charge in [0.2, 0.25) is 0 Å². The van der Waals surface area contributed by atoms with E-state index in [1.807, 2.05) is 31.3 Å². The number of rotatable bonds is 10. The Morgan fingerprint density at radius 1 is 1.05 bits per heavy atom. The Kier molecular flexibility index (Phi) is 8.59. The van der Waals surface area contributed by atoms with Crippen LogP contribution in [0.5, 0.6) is 17.2 Å². The normalized spacial score (nSPS) is 13.2. The van der Waals surface area contributed by atoms with Crippen molar-refractivity contribution in [2.45, 2.75) is 46.0 Å². The van der Waals surface area contributed by atoms with E-state index in [4.69, 9.17) is 15.2 Å². The van der Waals surface area contributed by atoms with Crippen molar-refractivity contribution in [2.75, 3.05) is 39.6 Å². The molecule has 0 unspecified atom stereocenters. The number of phenolic OH excluding ortho intramolecular Hbond substituents is 1. The average molecular weight is 507 g/mol. The van der Waals surface area contributed by atoms with Gasteiger partial charge in [0.25, 0.3) is 0 Å². The van der Waals surface area contributed by atoms with Gasteiger partial charge in [0.15, 0.2) is 11.6 Å². The van der Waals surface area contributed by atoms with E-state index in [1.165, 1.54) is 17.2 Å². The van der Waals surface area contributed by atoms with Crippen LogP contribution in [0.25, 0.3) is 11.1 Å². The fourth-order valence-corrected chi connectivity index (χ4v) is 5.35. The summed E-state index contributed by atoms with van der Waals surface area (Å²) in [5.41, 5.74) is 12.8. The summed E-state index contributed by atoms with van der Waals surface area (Å²) in [5, 5.41) is 10.8. The minimum absolute atomic E-state index is 0.232. The van der Waals surface area contributed by atoms with Gasteiger partial charge in [-0.2, -0.15) is 0 Å². The summed E-state index contributed by atoms with van der Waals surface area (Å²) in [6.07, 6.45) is 4.56. The molecule has 4 rings (SSSR count). The number of nitrogens with zero attached hydrogens (tertiary/aromatic N) is 1. The van der Waals surface area contributed by atoms with Crippen molar-refractivity contribution in [1.82, 2.24) is 4.90 Å². The van der Waals surface area contributed by atoms with Crippen molar-refractivity contribution in [3.05, 3.63) is 70.5 Å². The molecule has 0 aliphatic heterocycles. The Morgan fingerprint density at radius 2 is 1.81 bits per heavy atom. The molecule has 5 nitrogen and oxygen atoms in total. The lowest BCUT2D eigenvalue weighted by atomic mass is 9.84. The smallest absolute Gasteiger partial charge is 0.165 e. The molecular weight excluding hydrogens is 467 g/mol. The Balaban J connectivity index is 1.58. The molecule has 3 aromatic rings. The molecule has 3 N–H and O–H groups in total. The molecule has 0 saturated carbocycles. The highest BCUT2D eigenvalue weighted by Crippen LogP contribution is 2.43. The molecule has 6 heteroatoms. The number of fused-ring (bicyclic) bond motifs is 1. The lowest BCUT2D eigenvalue weighted by Gasteiger charge is -2.23. The third kappa shape index (κ3) is 6.19. The van der Waals surface area contributed by atoms with E-state index in [2.05, 4.69) is 18.7 Å². The van der Waals surface area contributed by atoms with Crippen molar-refractivity contribution >= 4 is 5.69 Å². The van der Waals surface area contributed by atoms with E-state index < -0.39 is 5.82 Å². The van der Waals surface area contributed by atoms with Crippen LogP contribution in [0.4, 0.5) is 10.1 Å². The second-order valence-corrected chi connectivity index (χ2v) is 10.5. The van der Waals surface area contributed by atoms with Gasteiger partial charge in [-0.25, -0.2) is 4.39 Å². The third-order valence-electron chi connectivity index (χ3n) is 7.10. The fraction of sp³-hybridized carbons (Fsp3) is 0.419. The van der Waals surface area contributed by atoms with Gasteiger partial charge in [-0.1, -0.05) is 26.0 Å². The number of hydrogen-bond acceptors (Lipinski definition) is 5. The van der Waals surface area contributed by atoms with Crippen LogP contribution in [0.15, 0.2) is 42.5 Å². The van der Waals surface area contributed by atoms with Gasteiger partial charge in [0.05, 0.1) is 7.11 Å². The van der Waals surface area contributed by atoms with Crippen LogP contribution in [0.1, 0.15) is 48.9 Å². The van der Waals surface area contributed by atoms with Crippen LogP contribution < -0.4 is 15.2 Å². The first kappa shape index (κ1) is 26.8. The largest absolute Gasteiger partial charge is 0.507 e. The summed E-state index contributed by atoms with van der Waals surface area (Å²) in [4.78, 5) is 2.18. The van der Waals surface area contributed by atoms with Crippen molar-refractivity contribution in [2.24, 2.45) is 5.92 Å². The molecule has 1 aliphatic carbocycles. The van der Waals surface area contributed by atoms with Crippen LogP contribution >= 0.6 is 0 Å². The Labute approximate surface area is 220 Å². The molecule has 0 radical (unpaired) electrons. The second kappa shape index (κ2) is 11.9. The number of phenols is 1. The first-order valence-electron chi connectivity index (χ1n) is 13.2. The maximum absolute atomic E-state index is 14.9. The zero-order valence-corrected chi connectivity index (χ0v) is 22.4. The molecule has 0 bridgehead atoms. The SMILES string of the molecule is COc1ccc(-c2c(O)ccc3c2CCCC3)c(N)c1Cc1ccc(OCCN(C)CC(C)C)c(F)c1. The number of halogens is 1. The van der Waals surface area contributed by atoms with Crippen LogP contribution in [0.2, 0.25) is 0 Å². The number of likely N-dealkylation sites (N-methyl/N-ethyl adjacent to an activating group) is 1. The number of benzene rings is 3. The zero-order chi connectivity index (χ0) is 26.5. The molecule has 0 heterocycles. The minimum atomic E-state index is -0.396. The highest BCUT2D eigenvalue weighted by atomic mass is 19.1. The first-order valence-corrected chi connectivity index (χ1v) is 13.2. The number of aromatic hydroxyl groups is 1. The van der Waals surface area contributed by atoms with Gasteiger partial charge in [0, 0.05) is 41.9 Å². The summed E-state index contributed by atoms with van der Waals surface area (Å²) in [6.45, 7) is 6.47. The van der Waals surface area contributed by atoms with Gasteiger partial charge in [-0.05, 0) is 85.7 Å². The lowest BCUT2D eigenvalue weighted by molar-refractivity contribution is 0.217. The van der Waals surface area contributed by atoms with E-state index in [0.29, 0.717) is 30.4 Å². The monoisotopic (exact) mass is 506 g/mol. The van der Waals surface area contributed by atoms with Crippen LogP contribution in [-0.4, -0.2) is 43.9 Å². The molecule has 0 atom stereocenters. The van der Waals surface area contributed by atoms with Crippen molar-refractivity contribution in [3.63, 3.8) is 0 Å². The first-order chi connectivity index (χ1) is 17.8.